The first-order valence-electron chi connectivity index (χ1n) is 8.16. The van der Waals surface area contributed by atoms with Crippen LogP contribution in [0, 0.1) is 0 Å². The molecule has 1 aliphatic heterocycles. The van der Waals surface area contributed by atoms with Gasteiger partial charge in [-0.1, -0.05) is 11.8 Å². The summed E-state index contributed by atoms with van der Waals surface area (Å²) in [6, 6.07) is 14.7. The highest BCUT2D eigenvalue weighted by molar-refractivity contribution is 7.99. The number of carbonyl (C=O) groups is 1. The number of rotatable bonds is 4. The number of hydrogen-bond donors (Lipinski definition) is 3. The average Bonchev–Trinajstić information content (AvgIpc) is 2.84. The molecule has 1 aliphatic rings. The van der Waals surface area contributed by atoms with Crippen LogP contribution >= 0.6 is 11.8 Å². The van der Waals surface area contributed by atoms with Gasteiger partial charge in [0.2, 0.25) is 0 Å². The molecule has 2 aromatic carbocycles. The summed E-state index contributed by atoms with van der Waals surface area (Å²) >= 11 is 1.60. The van der Waals surface area contributed by atoms with E-state index < -0.39 is 21.4 Å². The molecule has 1 unspecified atom stereocenters. The molecule has 0 aromatic heterocycles. The van der Waals surface area contributed by atoms with Gasteiger partial charge in [-0.3, -0.25) is 0 Å². The van der Waals surface area contributed by atoms with E-state index >= 15 is 0 Å². The second kappa shape index (κ2) is 7.20. The quantitative estimate of drug-likeness (QED) is 0.695. The van der Waals surface area contributed by atoms with E-state index in [0.717, 1.165) is 15.5 Å². The van der Waals surface area contributed by atoms with E-state index in [0.29, 0.717) is 12.1 Å². The van der Waals surface area contributed by atoms with Gasteiger partial charge in [0.1, 0.15) is 0 Å². The molecule has 0 saturated carbocycles. The van der Waals surface area contributed by atoms with Gasteiger partial charge in [-0.25, -0.2) is 13.2 Å². The molecule has 1 fully saturated rings. The standard InChI is InChI=1S/C18H21N3O3S2/c1-18(10-11-26(23,24)12-18)21-17(22)20-14-4-8-16(9-5-14)25-15-6-2-13(19)3-7-15/h2-9H,10-12,19H2,1H3,(H2,20,21,22). The molecule has 2 amide bonds. The van der Waals surface area contributed by atoms with Gasteiger partial charge < -0.3 is 16.4 Å². The smallest absolute Gasteiger partial charge is 0.319 e. The lowest BCUT2D eigenvalue weighted by Gasteiger charge is -2.24. The van der Waals surface area contributed by atoms with Crippen molar-refractivity contribution in [3.63, 3.8) is 0 Å². The molecule has 8 heteroatoms. The number of nitrogens with one attached hydrogen (secondary N) is 2. The van der Waals surface area contributed by atoms with Crippen LogP contribution in [0.3, 0.4) is 0 Å². The van der Waals surface area contributed by atoms with Gasteiger partial charge in [-0.05, 0) is 61.9 Å². The number of carbonyl (C=O) groups excluding carboxylic acids is 1. The van der Waals surface area contributed by atoms with E-state index in [9.17, 15) is 13.2 Å². The second-order valence-electron chi connectivity index (χ2n) is 6.68. The van der Waals surface area contributed by atoms with E-state index in [4.69, 9.17) is 5.73 Å². The third-order valence-electron chi connectivity index (χ3n) is 4.15. The van der Waals surface area contributed by atoms with Crippen LogP contribution in [-0.4, -0.2) is 31.5 Å². The minimum Gasteiger partial charge on any atom is -0.399 e. The largest absolute Gasteiger partial charge is 0.399 e. The molecule has 138 valence electrons. The van der Waals surface area contributed by atoms with Crippen LogP contribution in [-0.2, 0) is 9.84 Å². The summed E-state index contributed by atoms with van der Waals surface area (Å²) in [6.45, 7) is 1.75. The van der Waals surface area contributed by atoms with Gasteiger partial charge in [0, 0.05) is 21.2 Å². The van der Waals surface area contributed by atoms with Crippen molar-refractivity contribution in [2.45, 2.75) is 28.7 Å². The fourth-order valence-corrected chi connectivity index (χ4v) is 5.73. The highest BCUT2D eigenvalue weighted by atomic mass is 32.2. The summed E-state index contributed by atoms with van der Waals surface area (Å²) in [6.07, 6.45) is 0.430. The number of amides is 2. The fraction of sp³-hybridized carbons (Fsp3) is 0.278. The van der Waals surface area contributed by atoms with Gasteiger partial charge >= 0.3 is 6.03 Å². The Bertz CT molecular complexity index is 896. The van der Waals surface area contributed by atoms with Gasteiger partial charge in [-0.15, -0.1) is 0 Å². The van der Waals surface area contributed by atoms with E-state index in [1.165, 1.54) is 0 Å². The maximum Gasteiger partial charge on any atom is 0.319 e. The van der Waals surface area contributed by atoms with Crippen molar-refractivity contribution in [1.82, 2.24) is 5.32 Å². The predicted octanol–water partition coefficient (Wildman–Crippen LogP) is 3.12. The first-order valence-corrected chi connectivity index (χ1v) is 10.8. The van der Waals surface area contributed by atoms with Crippen LogP contribution < -0.4 is 16.4 Å². The molecule has 4 N–H and O–H groups in total. The van der Waals surface area contributed by atoms with Gasteiger partial charge in [-0.2, -0.15) is 0 Å². The number of urea groups is 1. The zero-order valence-corrected chi connectivity index (χ0v) is 16.0. The molecule has 3 rings (SSSR count). The fourth-order valence-electron chi connectivity index (χ4n) is 2.82. The number of nitrogen functional groups attached to an aromatic ring is 1. The zero-order chi connectivity index (χ0) is 18.8. The first-order chi connectivity index (χ1) is 12.2. The summed E-state index contributed by atoms with van der Waals surface area (Å²) in [5, 5.41) is 5.52. The number of anilines is 2. The molecule has 0 spiro atoms. The normalized spacial score (nSPS) is 21.3. The summed E-state index contributed by atoms with van der Waals surface area (Å²) in [4.78, 5) is 14.3. The third kappa shape index (κ3) is 4.92. The third-order valence-corrected chi connectivity index (χ3v) is 7.07. The van der Waals surface area contributed by atoms with Crippen LogP contribution in [0.2, 0.25) is 0 Å². The molecule has 0 aliphatic carbocycles. The molecule has 1 saturated heterocycles. The zero-order valence-electron chi connectivity index (χ0n) is 14.4. The topological polar surface area (TPSA) is 101 Å². The van der Waals surface area contributed by atoms with Crippen LogP contribution in [0.5, 0.6) is 0 Å². The molecule has 0 radical (unpaired) electrons. The van der Waals surface area contributed by atoms with Crippen molar-refractivity contribution < 1.29 is 13.2 Å². The molecular formula is C18H21N3O3S2. The maximum absolute atomic E-state index is 12.2. The average molecular weight is 392 g/mol. The van der Waals surface area contributed by atoms with Crippen molar-refractivity contribution in [3.05, 3.63) is 48.5 Å². The Labute approximate surface area is 157 Å². The van der Waals surface area contributed by atoms with Gasteiger partial charge in [0.15, 0.2) is 9.84 Å². The minimum absolute atomic E-state index is 0.0232. The lowest BCUT2D eigenvalue weighted by Crippen LogP contribution is -2.48. The van der Waals surface area contributed by atoms with Crippen molar-refractivity contribution in [2.24, 2.45) is 0 Å². The number of nitrogens with two attached hydrogens (primary N) is 1. The molecule has 1 heterocycles. The number of hydrogen-bond acceptors (Lipinski definition) is 5. The number of sulfone groups is 1. The second-order valence-corrected chi connectivity index (χ2v) is 10.0. The molecule has 0 bridgehead atoms. The van der Waals surface area contributed by atoms with Crippen LogP contribution in [0.25, 0.3) is 0 Å². The Morgan fingerprint density at radius 2 is 1.65 bits per heavy atom. The van der Waals surface area contributed by atoms with Crippen molar-refractivity contribution in [1.29, 1.82) is 0 Å². The monoisotopic (exact) mass is 391 g/mol. The maximum atomic E-state index is 12.2. The Balaban J connectivity index is 1.57. The minimum atomic E-state index is -3.06. The van der Waals surface area contributed by atoms with Crippen molar-refractivity contribution in [3.8, 4) is 0 Å². The highest BCUT2D eigenvalue weighted by Gasteiger charge is 2.39. The Morgan fingerprint density at radius 3 is 2.19 bits per heavy atom. The molecule has 1 atom stereocenters. The van der Waals surface area contributed by atoms with E-state index in [-0.39, 0.29) is 11.5 Å². The summed E-state index contributed by atoms with van der Waals surface area (Å²) < 4.78 is 23.2. The first kappa shape index (κ1) is 18.6. The Morgan fingerprint density at radius 1 is 1.08 bits per heavy atom. The van der Waals surface area contributed by atoms with Gasteiger partial charge in [0.05, 0.1) is 17.0 Å². The lowest BCUT2D eigenvalue weighted by molar-refractivity contribution is 0.242. The Hall–Kier alpha value is -2.19. The number of benzene rings is 2. The van der Waals surface area contributed by atoms with Crippen LogP contribution in [0.15, 0.2) is 58.3 Å². The summed E-state index contributed by atoms with van der Waals surface area (Å²) in [5.41, 5.74) is 6.34. The van der Waals surface area contributed by atoms with Gasteiger partial charge in [0.25, 0.3) is 0 Å². The predicted molar refractivity (Wildman–Crippen MR) is 105 cm³/mol. The van der Waals surface area contributed by atoms with Crippen molar-refractivity contribution >= 4 is 39.0 Å². The van der Waals surface area contributed by atoms with E-state index in [1.807, 2.05) is 48.5 Å². The van der Waals surface area contributed by atoms with Crippen molar-refractivity contribution in [2.75, 3.05) is 22.6 Å². The summed E-state index contributed by atoms with van der Waals surface area (Å²) in [7, 11) is -3.06. The molecule has 6 nitrogen and oxygen atoms in total. The SMILES string of the molecule is CC1(NC(=O)Nc2ccc(Sc3ccc(N)cc3)cc2)CCS(=O)(=O)C1. The molecule has 26 heavy (non-hydrogen) atoms. The lowest BCUT2D eigenvalue weighted by atomic mass is 10.0. The van der Waals surface area contributed by atoms with E-state index in [2.05, 4.69) is 10.6 Å². The summed E-state index contributed by atoms with van der Waals surface area (Å²) in [5.74, 6) is 0.0887. The van der Waals surface area contributed by atoms with E-state index in [1.54, 1.807) is 18.7 Å². The molecular weight excluding hydrogens is 370 g/mol. The molecule has 2 aromatic rings. The van der Waals surface area contributed by atoms with Crippen LogP contribution in [0.1, 0.15) is 13.3 Å². The Kier molecular flexibility index (Phi) is 5.15. The van der Waals surface area contributed by atoms with Crippen LogP contribution in [0.4, 0.5) is 16.2 Å². The highest BCUT2D eigenvalue weighted by Crippen LogP contribution is 2.29.